The second kappa shape index (κ2) is 6.07. The Morgan fingerprint density at radius 3 is 2.18 bits per heavy atom. The molecule has 0 aromatic carbocycles. The van der Waals surface area contributed by atoms with E-state index < -0.39 is 11.3 Å². The molecule has 0 fully saturated rings. The summed E-state index contributed by atoms with van der Waals surface area (Å²) in [6.45, 7) is 5.19. The molecule has 0 saturated carbocycles. The summed E-state index contributed by atoms with van der Waals surface area (Å²) in [5.41, 5.74) is 9.45. The van der Waals surface area contributed by atoms with Crippen molar-refractivity contribution in [3.8, 4) is 0 Å². The van der Waals surface area contributed by atoms with Crippen molar-refractivity contribution in [3.05, 3.63) is 0 Å². The van der Waals surface area contributed by atoms with Crippen molar-refractivity contribution in [2.24, 2.45) is 22.0 Å². The highest BCUT2D eigenvalue weighted by molar-refractivity contribution is 6.06. The molecule has 0 radical (unpaired) electrons. The number of carbonyl (C=O) groups excluding carboxylic acids is 2. The summed E-state index contributed by atoms with van der Waals surface area (Å²) in [5.74, 6) is -1.15. The van der Waals surface area contributed by atoms with E-state index in [4.69, 9.17) is 16.7 Å². The molecule has 0 aliphatic rings. The number of primary amides is 1. The fourth-order valence-corrected chi connectivity index (χ4v) is 1.42. The normalized spacial score (nSPS) is 15.1. The molecule has 1 atom stereocenters. The van der Waals surface area contributed by atoms with Gasteiger partial charge in [-0.25, -0.2) is 0 Å². The van der Waals surface area contributed by atoms with Crippen molar-refractivity contribution in [1.29, 1.82) is 0 Å². The summed E-state index contributed by atoms with van der Waals surface area (Å²) in [4.78, 5) is 24.3. The second-order valence-electron chi connectivity index (χ2n) is 3.96. The maximum atomic E-state index is 12.2. The van der Waals surface area contributed by atoms with Crippen LogP contribution in [0.2, 0.25) is 0 Å². The van der Waals surface area contributed by atoms with Gasteiger partial charge in [0.05, 0.1) is 6.54 Å². The van der Waals surface area contributed by atoms with E-state index >= 15 is 0 Å². The van der Waals surface area contributed by atoms with E-state index in [2.05, 4.69) is 5.16 Å². The van der Waals surface area contributed by atoms with Crippen LogP contribution in [0.3, 0.4) is 0 Å². The molecule has 0 bridgehead atoms. The molecule has 7 nitrogen and oxygen atoms in total. The first-order valence-corrected chi connectivity index (χ1v) is 5.39. The first-order chi connectivity index (χ1) is 7.83. The predicted octanol–water partition coefficient (Wildman–Crippen LogP) is -0.517. The fraction of sp³-hybridized carbons (Fsp3) is 0.700. The van der Waals surface area contributed by atoms with Crippen LogP contribution in [0, 0.1) is 5.41 Å². The van der Waals surface area contributed by atoms with Crippen molar-refractivity contribution in [1.82, 2.24) is 4.90 Å². The summed E-state index contributed by atoms with van der Waals surface area (Å²) in [6.07, 6.45) is 0.358. The van der Waals surface area contributed by atoms with Crippen LogP contribution < -0.4 is 11.5 Å². The Kier molecular flexibility index (Phi) is 5.43. The van der Waals surface area contributed by atoms with Crippen molar-refractivity contribution in [2.45, 2.75) is 27.2 Å². The van der Waals surface area contributed by atoms with Crippen LogP contribution in [0.4, 0.5) is 0 Å². The van der Waals surface area contributed by atoms with Crippen LogP contribution >= 0.6 is 0 Å². The van der Waals surface area contributed by atoms with E-state index in [0.717, 1.165) is 0 Å². The molecule has 0 saturated heterocycles. The minimum Gasteiger partial charge on any atom is -0.409 e. The Hall–Kier alpha value is -1.79. The number of carbonyl (C=O) groups is 2. The molecule has 0 rings (SSSR count). The van der Waals surface area contributed by atoms with E-state index in [1.54, 1.807) is 20.8 Å². The third-order valence-corrected chi connectivity index (χ3v) is 2.87. The maximum absolute atomic E-state index is 12.2. The number of hydrogen-bond acceptors (Lipinski definition) is 4. The number of amidine groups is 1. The van der Waals surface area contributed by atoms with Gasteiger partial charge in [0.2, 0.25) is 11.8 Å². The predicted molar refractivity (Wildman–Crippen MR) is 63.3 cm³/mol. The average Bonchev–Trinajstić information content (AvgIpc) is 2.32. The molecule has 7 heteroatoms. The standard InChI is InChI=1S/C10H20N4O3/c1-4-10(3,8(12)13-17)9(16)14(5-2)6-7(11)15/h17H,4-6H2,1-3H3,(H2,11,15)(H2,12,13). The molecule has 0 aliphatic carbocycles. The Balaban J connectivity index is 5.14. The quantitative estimate of drug-likeness (QED) is 0.252. The van der Waals surface area contributed by atoms with Crippen LogP contribution in [0.15, 0.2) is 5.16 Å². The summed E-state index contributed by atoms with van der Waals surface area (Å²) >= 11 is 0. The van der Waals surface area contributed by atoms with Crippen LogP contribution in [-0.2, 0) is 9.59 Å². The molecule has 2 amide bonds. The van der Waals surface area contributed by atoms with Crippen molar-refractivity contribution in [2.75, 3.05) is 13.1 Å². The van der Waals surface area contributed by atoms with E-state index in [1.165, 1.54) is 4.90 Å². The Bertz CT molecular complexity index is 330. The molecule has 0 aliphatic heterocycles. The SMILES string of the molecule is CCN(CC(N)=O)C(=O)C(C)(CC)C(N)=NO. The molecule has 98 valence electrons. The number of oxime groups is 1. The zero-order valence-corrected chi connectivity index (χ0v) is 10.4. The smallest absolute Gasteiger partial charge is 0.237 e. The molecule has 0 heterocycles. The highest BCUT2D eigenvalue weighted by atomic mass is 16.4. The van der Waals surface area contributed by atoms with Crippen LogP contribution in [0.1, 0.15) is 27.2 Å². The van der Waals surface area contributed by atoms with Crippen LogP contribution in [-0.4, -0.2) is 40.8 Å². The van der Waals surface area contributed by atoms with E-state index in [9.17, 15) is 9.59 Å². The molecular weight excluding hydrogens is 224 g/mol. The third-order valence-electron chi connectivity index (χ3n) is 2.87. The van der Waals surface area contributed by atoms with Gasteiger partial charge >= 0.3 is 0 Å². The highest BCUT2D eigenvalue weighted by Crippen LogP contribution is 2.24. The van der Waals surface area contributed by atoms with E-state index in [1.807, 2.05) is 0 Å². The van der Waals surface area contributed by atoms with E-state index in [-0.39, 0.29) is 18.3 Å². The van der Waals surface area contributed by atoms with Crippen molar-refractivity contribution >= 4 is 17.6 Å². The average molecular weight is 244 g/mol. The number of nitrogens with two attached hydrogens (primary N) is 2. The van der Waals surface area contributed by atoms with Crippen molar-refractivity contribution < 1.29 is 14.8 Å². The Labute approximate surface area is 100 Å². The van der Waals surface area contributed by atoms with Gasteiger partial charge in [-0.05, 0) is 20.3 Å². The largest absolute Gasteiger partial charge is 0.409 e. The number of nitrogens with zero attached hydrogens (tertiary/aromatic N) is 2. The van der Waals surface area contributed by atoms with Gasteiger partial charge in [0, 0.05) is 6.54 Å². The van der Waals surface area contributed by atoms with Crippen LogP contribution in [0.25, 0.3) is 0 Å². The van der Waals surface area contributed by atoms with Gasteiger partial charge in [0.1, 0.15) is 5.41 Å². The van der Waals surface area contributed by atoms with Gasteiger partial charge in [0.15, 0.2) is 5.84 Å². The third kappa shape index (κ3) is 3.33. The van der Waals surface area contributed by atoms with Gasteiger partial charge in [-0.3, -0.25) is 9.59 Å². The molecule has 0 spiro atoms. The summed E-state index contributed by atoms with van der Waals surface area (Å²) in [7, 11) is 0. The molecule has 5 N–H and O–H groups in total. The van der Waals surface area contributed by atoms with Gasteiger partial charge in [0.25, 0.3) is 0 Å². The van der Waals surface area contributed by atoms with Gasteiger partial charge in [-0.1, -0.05) is 12.1 Å². The number of amides is 2. The summed E-state index contributed by atoms with van der Waals surface area (Å²) in [6, 6.07) is 0. The zero-order chi connectivity index (χ0) is 13.6. The number of hydrogen-bond donors (Lipinski definition) is 3. The molecule has 17 heavy (non-hydrogen) atoms. The fourth-order valence-electron chi connectivity index (χ4n) is 1.42. The summed E-state index contributed by atoms with van der Waals surface area (Å²) < 4.78 is 0. The lowest BCUT2D eigenvalue weighted by Crippen LogP contribution is -2.51. The van der Waals surface area contributed by atoms with Gasteiger partial charge in [-0.15, -0.1) is 0 Å². The first-order valence-electron chi connectivity index (χ1n) is 5.39. The molecule has 0 aromatic rings. The topological polar surface area (TPSA) is 122 Å². The second-order valence-corrected chi connectivity index (χ2v) is 3.96. The first kappa shape index (κ1) is 15.2. The minimum atomic E-state index is -1.12. The summed E-state index contributed by atoms with van der Waals surface area (Å²) in [5, 5.41) is 11.6. The van der Waals surface area contributed by atoms with Gasteiger partial charge < -0.3 is 21.6 Å². The monoisotopic (exact) mass is 244 g/mol. The molecule has 1 unspecified atom stereocenters. The lowest BCUT2D eigenvalue weighted by atomic mass is 9.84. The maximum Gasteiger partial charge on any atom is 0.237 e. The van der Waals surface area contributed by atoms with Crippen LogP contribution in [0.5, 0.6) is 0 Å². The Morgan fingerprint density at radius 2 is 1.88 bits per heavy atom. The van der Waals surface area contributed by atoms with Gasteiger partial charge in [-0.2, -0.15) is 0 Å². The number of likely N-dealkylation sites (N-methyl/N-ethyl adjacent to an activating group) is 1. The van der Waals surface area contributed by atoms with E-state index in [0.29, 0.717) is 13.0 Å². The Morgan fingerprint density at radius 1 is 1.35 bits per heavy atom. The zero-order valence-electron chi connectivity index (χ0n) is 10.4. The lowest BCUT2D eigenvalue weighted by molar-refractivity contribution is -0.140. The molecular formula is C10H20N4O3. The lowest BCUT2D eigenvalue weighted by Gasteiger charge is -2.31. The van der Waals surface area contributed by atoms with Crippen molar-refractivity contribution in [3.63, 3.8) is 0 Å². The minimum absolute atomic E-state index is 0.173. The molecule has 0 aromatic heterocycles. The highest BCUT2D eigenvalue weighted by Gasteiger charge is 2.39. The number of rotatable bonds is 6.